The van der Waals surface area contributed by atoms with Crippen LogP contribution in [0.1, 0.15) is 39.0 Å². The van der Waals surface area contributed by atoms with Gasteiger partial charge in [0.15, 0.2) is 0 Å². The third-order valence-corrected chi connectivity index (χ3v) is 4.64. The highest BCUT2D eigenvalue weighted by molar-refractivity contribution is 7.31. The Kier molecular flexibility index (Phi) is 2.95. The molecule has 4 atom stereocenters. The van der Waals surface area contributed by atoms with Crippen LogP contribution in [0.3, 0.4) is 0 Å². The van der Waals surface area contributed by atoms with E-state index in [2.05, 4.69) is 13.6 Å². The number of carbonyl (C=O) groups is 1. The summed E-state index contributed by atoms with van der Waals surface area (Å²) >= 11 is 0. The molecule has 2 aliphatic rings. The first-order valence-electron chi connectivity index (χ1n) is 5.51. The highest BCUT2D eigenvalue weighted by Crippen LogP contribution is 2.53. The van der Waals surface area contributed by atoms with Crippen LogP contribution in [0.2, 0.25) is 0 Å². The topological polar surface area (TPSA) is 26.3 Å². The Morgan fingerprint density at radius 1 is 1.50 bits per heavy atom. The zero-order valence-corrected chi connectivity index (χ0v) is 10.0. The standard InChI is InChI=1S/C11H19O2P/c1-11-6-5-9(12)7-8(11)3-4-10(11)13-14-2/h8,10,14H,3-7H2,1-2H3. The fourth-order valence-electron chi connectivity index (χ4n) is 3.10. The largest absolute Gasteiger partial charge is 0.359 e. The molecule has 2 nitrogen and oxygen atoms in total. The summed E-state index contributed by atoms with van der Waals surface area (Å²) in [6, 6.07) is 0. The van der Waals surface area contributed by atoms with Crippen molar-refractivity contribution in [3.05, 3.63) is 0 Å². The summed E-state index contributed by atoms with van der Waals surface area (Å²) in [5, 5.41) is 0. The smallest absolute Gasteiger partial charge is 0.133 e. The van der Waals surface area contributed by atoms with E-state index in [1.807, 2.05) is 0 Å². The zero-order valence-electron chi connectivity index (χ0n) is 9.01. The Hall–Kier alpha value is 0.0600. The summed E-state index contributed by atoms with van der Waals surface area (Å²) in [6.45, 7) is 4.41. The van der Waals surface area contributed by atoms with Gasteiger partial charge in [0.1, 0.15) is 5.78 Å². The van der Waals surface area contributed by atoms with Crippen LogP contribution in [0.5, 0.6) is 0 Å². The second kappa shape index (κ2) is 3.90. The molecule has 0 heterocycles. The van der Waals surface area contributed by atoms with Crippen molar-refractivity contribution in [1.29, 1.82) is 0 Å². The van der Waals surface area contributed by atoms with Crippen molar-refractivity contribution in [2.75, 3.05) is 6.66 Å². The molecule has 2 fully saturated rings. The highest BCUT2D eigenvalue weighted by Gasteiger charge is 2.49. The maximum Gasteiger partial charge on any atom is 0.133 e. The average Bonchev–Trinajstić information content (AvgIpc) is 2.46. The van der Waals surface area contributed by atoms with Crippen molar-refractivity contribution in [3.63, 3.8) is 0 Å². The molecule has 0 radical (unpaired) electrons. The van der Waals surface area contributed by atoms with Crippen LogP contribution >= 0.6 is 8.81 Å². The van der Waals surface area contributed by atoms with Crippen LogP contribution in [0.25, 0.3) is 0 Å². The van der Waals surface area contributed by atoms with Gasteiger partial charge in [0, 0.05) is 21.6 Å². The highest BCUT2D eigenvalue weighted by atomic mass is 31.1. The molecule has 0 spiro atoms. The van der Waals surface area contributed by atoms with E-state index in [-0.39, 0.29) is 0 Å². The normalized spacial score (nSPS) is 43.4. The molecule has 0 aromatic rings. The number of hydrogen-bond donors (Lipinski definition) is 0. The van der Waals surface area contributed by atoms with Gasteiger partial charge in [-0.3, -0.25) is 4.79 Å². The maximum atomic E-state index is 11.4. The van der Waals surface area contributed by atoms with E-state index in [0.717, 1.165) is 25.7 Å². The number of fused-ring (bicyclic) bond motifs is 1. The van der Waals surface area contributed by atoms with E-state index in [4.69, 9.17) is 4.52 Å². The SMILES string of the molecule is CPOC1CCC2CC(=O)CCC21C. The minimum absolute atomic E-state index is 0.302. The fraction of sp³-hybridized carbons (Fsp3) is 0.909. The maximum absolute atomic E-state index is 11.4. The molecule has 0 aliphatic heterocycles. The Balaban J connectivity index is 2.10. The van der Waals surface area contributed by atoms with Crippen molar-refractivity contribution >= 4 is 14.6 Å². The second-order valence-electron chi connectivity index (χ2n) is 4.83. The van der Waals surface area contributed by atoms with Gasteiger partial charge in [0.05, 0.1) is 6.10 Å². The third-order valence-electron chi connectivity index (χ3n) is 4.12. The molecular weight excluding hydrogens is 195 g/mol. The lowest BCUT2D eigenvalue weighted by Gasteiger charge is -2.39. The lowest BCUT2D eigenvalue weighted by molar-refractivity contribution is -0.125. The van der Waals surface area contributed by atoms with E-state index in [9.17, 15) is 4.79 Å². The Morgan fingerprint density at radius 2 is 2.29 bits per heavy atom. The molecule has 0 amide bonds. The Morgan fingerprint density at radius 3 is 3.00 bits per heavy atom. The van der Waals surface area contributed by atoms with Crippen LogP contribution < -0.4 is 0 Å². The van der Waals surface area contributed by atoms with Crippen LogP contribution in [0.15, 0.2) is 0 Å². The summed E-state index contributed by atoms with van der Waals surface area (Å²) in [6.07, 6.45) is 5.41. The van der Waals surface area contributed by atoms with Crippen LogP contribution in [0.4, 0.5) is 0 Å². The molecule has 2 aliphatic carbocycles. The summed E-state index contributed by atoms with van der Waals surface area (Å²) in [5.74, 6) is 1.07. The summed E-state index contributed by atoms with van der Waals surface area (Å²) in [7, 11) is 0.586. The van der Waals surface area contributed by atoms with Crippen molar-refractivity contribution in [2.24, 2.45) is 11.3 Å². The summed E-state index contributed by atoms with van der Waals surface area (Å²) in [5.41, 5.74) is 0.302. The first kappa shape index (κ1) is 10.6. The van der Waals surface area contributed by atoms with Gasteiger partial charge in [-0.2, -0.15) is 0 Å². The number of rotatable bonds is 2. The van der Waals surface area contributed by atoms with Gasteiger partial charge in [-0.25, -0.2) is 0 Å². The van der Waals surface area contributed by atoms with Crippen molar-refractivity contribution < 1.29 is 9.32 Å². The predicted molar refractivity (Wildman–Crippen MR) is 58.8 cm³/mol. The first-order valence-corrected chi connectivity index (χ1v) is 6.91. The van der Waals surface area contributed by atoms with E-state index in [1.54, 1.807) is 0 Å². The lowest BCUT2D eigenvalue weighted by Crippen LogP contribution is -2.38. The quantitative estimate of drug-likeness (QED) is 0.661. The fourth-order valence-corrected chi connectivity index (χ4v) is 3.77. The van der Waals surface area contributed by atoms with Gasteiger partial charge in [-0.1, -0.05) is 6.92 Å². The second-order valence-corrected chi connectivity index (χ2v) is 5.48. The minimum atomic E-state index is 0.302. The molecule has 0 N–H and O–H groups in total. The number of Topliss-reactive ketones (excluding diaryl/α,β-unsaturated/α-hetero) is 1. The lowest BCUT2D eigenvalue weighted by atomic mass is 9.68. The Labute approximate surface area is 87.7 Å². The molecule has 0 bridgehead atoms. The third kappa shape index (κ3) is 1.63. The van der Waals surface area contributed by atoms with Gasteiger partial charge in [0.25, 0.3) is 0 Å². The van der Waals surface area contributed by atoms with Gasteiger partial charge >= 0.3 is 0 Å². The molecule has 3 heteroatoms. The van der Waals surface area contributed by atoms with E-state index in [1.165, 1.54) is 6.42 Å². The molecule has 14 heavy (non-hydrogen) atoms. The molecular formula is C11H19O2P. The molecule has 2 saturated carbocycles. The average molecular weight is 214 g/mol. The molecule has 0 aromatic heterocycles. The predicted octanol–water partition coefficient (Wildman–Crippen LogP) is 2.76. The zero-order chi connectivity index (χ0) is 10.2. The molecule has 80 valence electrons. The number of ketones is 1. The Bertz CT molecular complexity index is 241. The van der Waals surface area contributed by atoms with Gasteiger partial charge in [-0.15, -0.1) is 0 Å². The first-order chi connectivity index (χ1) is 6.66. The van der Waals surface area contributed by atoms with E-state index in [0.29, 0.717) is 32.0 Å². The van der Waals surface area contributed by atoms with Crippen LogP contribution in [0, 0.1) is 11.3 Å². The summed E-state index contributed by atoms with van der Waals surface area (Å²) < 4.78 is 5.83. The molecule has 0 saturated heterocycles. The van der Waals surface area contributed by atoms with Crippen LogP contribution in [-0.4, -0.2) is 18.6 Å². The van der Waals surface area contributed by atoms with Crippen LogP contribution in [-0.2, 0) is 9.32 Å². The van der Waals surface area contributed by atoms with Gasteiger partial charge < -0.3 is 4.52 Å². The van der Waals surface area contributed by atoms with Crippen molar-refractivity contribution in [3.8, 4) is 0 Å². The minimum Gasteiger partial charge on any atom is -0.359 e. The van der Waals surface area contributed by atoms with Crippen molar-refractivity contribution in [2.45, 2.75) is 45.1 Å². The monoisotopic (exact) mass is 214 g/mol. The molecule has 2 rings (SSSR count). The molecule has 4 unspecified atom stereocenters. The van der Waals surface area contributed by atoms with E-state index < -0.39 is 0 Å². The number of carbonyl (C=O) groups excluding carboxylic acids is 1. The molecule has 0 aromatic carbocycles. The summed E-state index contributed by atoms with van der Waals surface area (Å²) in [4.78, 5) is 11.4. The van der Waals surface area contributed by atoms with Gasteiger partial charge in [0.2, 0.25) is 0 Å². The van der Waals surface area contributed by atoms with Crippen molar-refractivity contribution in [1.82, 2.24) is 0 Å². The van der Waals surface area contributed by atoms with Gasteiger partial charge in [-0.05, 0) is 37.3 Å². The number of hydrogen-bond acceptors (Lipinski definition) is 2. The van der Waals surface area contributed by atoms with E-state index >= 15 is 0 Å².